The van der Waals surface area contributed by atoms with Gasteiger partial charge in [0.1, 0.15) is 11.6 Å². The standard InChI is InChI=1S/C7H10N2O2/c1-6(5-8)7(10)9-3-4-11-2/h1,3-4H2,2H3,(H,9,10). The third kappa shape index (κ3) is 4.12. The molecule has 0 rings (SSSR count). The minimum absolute atomic E-state index is 0.0823. The average molecular weight is 154 g/mol. The fraction of sp³-hybridized carbons (Fsp3) is 0.429. The maximum atomic E-state index is 10.8. The molecular weight excluding hydrogens is 144 g/mol. The van der Waals surface area contributed by atoms with Crippen molar-refractivity contribution in [1.29, 1.82) is 5.26 Å². The van der Waals surface area contributed by atoms with E-state index in [0.29, 0.717) is 13.2 Å². The number of ether oxygens (including phenoxy) is 1. The van der Waals surface area contributed by atoms with Crippen LogP contribution in [0.1, 0.15) is 0 Å². The molecule has 0 saturated heterocycles. The molecule has 1 N–H and O–H groups in total. The summed E-state index contributed by atoms with van der Waals surface area (Å²) in [6, 6.07) is 1.64. The van der Waals surface area contributed by atoms with Crippen molar-refractivity contribution in [2.45, 2.75) is 0 Å². The molecule has 4 nitrogen and oxygen atoms in total. The molecule has 0 aromatic rings. The summed E-state index contributed by atoms with van der Waals surface area (Å²) in [5.41, 5.74) is -0.0823. The summed E-state index contributed by atoms with van der Waals surface area (Å²) in [5.74, 6) is -0.440. The second kappa shape index (κ2) is 5.45. The number of carbonyl (C=O) groups excluding carboxylic acids is 1. The first kappa shape index (κ1) is 9.66. The van der Waals surface area contributed by atoms with Crippen molar-refractivity contribution < 1.29 is 9.53 Å². The fourth-order valence-electron chi connectivity index (χ4n) is 0.424. The highest BCUT2D eigenvalue weighted by atomic mass is 16.5. The highest BCUT2D eigenvalue weighted by Crippen LogP contribution is 1.84. The zero-order valence-corrected chi connectivity index (χ0v) is 6.39. The Balaban J connectivity index is 3.55. The molecule has 0 aliphatic rings. The number of hydrogen-bond acceptors (Lipinski definition) is 3. The lowest BCUT2D eigenvalue weighted by Gasteiger charge is -2.00. The summed E-state index contributed by atoms with van der Waals surface area (Å²) < 4.78 is 4.68. The van der Waals surface area contributed by atoms with E-state index in [4.69, 9.17) is 5.26 Å². The minimum Gasteiger partial charge on any atom is -0.383 e. The van der Waals surface area contributed by atoms with Crippen LogP contribution in [0, 0.1) is 11.3 Å². The van der Waals surface area contributed by atoms with Gasteiger partial charge in [-0.25, -0.2) is 0 Å². The highest BCUT2D eigenvalue weighted by Gasteiger charge is 2.02. The Morgan fingerprint density at radius 3 is 2.91 bits per heavy atom. The number of rotatable bonds is 4. The zero-order valence-electron chi connectivity index (χ0n) is 6.39. The van der Waals surface area contributed by atoms with Gasteiger partial charge in [0.15, 0.2) is 0 Å². The Bertz CT molecular complexity index is 193. The maximum Gasteiger partial charge on any atom is 0.261 e. The van der Waals surface area contributed by atoms with Crippen LogP contribution in [0.4, 0.5) is 0 Å². The van der Waals surface area contributed by atoms with Crippen molar-refractivity contribution in [2.24, 2.45) is 0 Å². The number of nitrogens with zero attached hydrogens (tertiary/aromatic N) is 1. The van der Waals surface area contributed by atoms with Crippen molar-refractivity contribution >= 4 is 5.91 Å². The van der Waals surface area contributed by atoms with Gasteiger partial charge in [-0.05, 0) is 0 Å². The van der Waals surface area contributed by atoms with Crippen molar-refractivity contribution in [2.75, 3.05) is 20.3 Å². The lowest BCUT2D eigenvalue weighted by Crippen LogP contribution is -2.27. The monoisotopic (exact) mass is 154 g/mol. The number of hydrogen-bond donors (Lipinski definition) is 1. The molecule has 0 fully saturated rings. The molecule has 0 atom stereocenters. The van der Waals surface area contributed by atoms with Gasteiger partial charge in [0, 0.05) is 13.7 Å². The third-order valence-corrected chi connectivity index (χ3v) is 1.00. The lowest BCUT2D eigenvalue weighted by atomic mass is 10.3. The predicted octanol–water partition coefficient (Wildman–Crippen LogP) is -0.171. The van der Waals surface area contributed by atoms with E-state index in [0.717, 1.165) is 0 Å². The second-order valence-electron chi connectivity index (χ2n) is 1.84. The molecule has 0 bridgehead atoms. The largest absolute Gasteiger partial charge is 0.383 e. The molecule has 0 aromatic heterocycles. The van der Waals surface area contributed by atoms with Crippen molar-refractivity contribution in [3.05, 3.63) is 12.2 Å². The van der Waals surface area contributed by atoms with Gasteiger partial charge < -0.3 is 10.1 Å². The summed E-state index contributed by atoms with van der Waals surface area (Å²) in [6.07, 6.45) is 0. The SMILES string of the molecule is C=C(C#N)C(=O)NCCOC. The van der Waals surface area contributed by atoms with Gasteiger partial charge >= 0.3 is 0 Å². The number of amides is 1. The van der Waals surface area contributed by atoms with Crippen LogP contribution in [0.5, 0.6) is 0 Å². The molecule has 60 valence electrons. The normalized spacial score (nSPS) is 8.36. The molecular formula is C7H10N2O2. The predicted molar refractivity (Wildman–Crippen MR) is 39.6 cm³/mol. The minimum atomic E-state index is -0.440. The van der Waals surface area contributed by atoms with Crippen LogP contribution >= 0.6 is 0 Å². The van der Waals surface area contributed by atoms with Crippen molar-refractivity contribution in [1.82, 2.24) is 5.32 Å². The van der Waals surface area contributed by atoms with E-state index in [9.17, 15) is 4.79 Å². The Morgan fingerprint density at radius 2 is 2.45 bits per heavy atom. The van der Waals surface area contributed by atoms with Gasteiger partial charge in [0.05, 0.1) is 6.61 Å². The van der Waals surface area contributed by atoms with Crippen molar-refractivity contribution in [3.8, 4) is 6.07 Å². The van der Waals surface area contributed by atoms with E-state index >= 15 is 0 Å². The van der Waals surface area contributed by atoms with Crippen LogP contribution in [0.2, 0.25) is 0 Å². The number of nitrogens with one attached hydrogen (secondary N) is 1. The van der Waals surface area contributed by atoms with E-state index in [1.54, 1.807) is 6.07 Å². The topological polar surface area (TPSA) is 62.1 Å². The van der Waals surface area contributed by atoms with Crippen LogP contribution < -0.4 is 5.32 Å². The number of methoxy groups -OCH3 is 1. The average Bonchev–Trinajstić information content (AvgIpc) is 2.03. The molecule has 1 amide bonds. The summed E-state index contributed by atoms with van der Waals surface area (Å²) in [4.78, 5) is 10.8. The van der Waals surface area contributed by atoms with E-state index < -0.39 is 5.91 Å². The smallest absolute Gasteiger partial charge is 0.261 e. The quantitative estimate of drug-likeness (QED) is 0.347. The molecule has 0 heterocycles. The van der Waals surface area contributed by atoms with Gasteiger partial charge in [-0.1, -0.05) is 6.58 Å². The molecule has 4 heteroatoms. The number of nitriles is 1. The van der Waals surface area contributed by atoms with Crippen LogP contribution in [0.3, 0.4) is 0 Å². The highest BCUT2D eigenvalue weighted by molar-refractivity contribution is 5.96. The van der Waals surface area contributed by atoms with Gasteiger partial charge in [-0.15, -0.1) is 0 Å². The fourth-order valence-corrected chi connectivity index (χ4v) is 0.424. The van der Waals surface area contributed by atoms with E-state index in [1.807, 2.05) is 0 Å². The molecule has 0 aliphatic heterocycles. The molecule has 11 heavy (non-hydrogen) atoms. The van der Waals surface area contributed by atoms with Crippen LogP contribution in [-0.4, -0.2) is 26.2 Å². The summed E-state index contributed by atoms with van der Waals surface area (Å²) in [6.45, 7) is 4.07. The third-order valence-electron chi connectivity index (χ3n) is 1.00. The van der Waals surface area contributed by atoms with E-state index in [1.165, 1.54) is 7.11 Å². The first-order chi connectivity index (χ1) is 5.22. The van der Waals surface area contributed by atoms with Gasteiger partial charge in [0.25, 0.3) is 5.91 Å². The van der Waals surface area contributed by atoms with E-state index in [-0.39, 0.29) is 5.57 Å². The maximum absolute atomic E-state index is 10.8. The van der Waals surface area contributed by atoms with E-state index in [2.05, 4.69) is 16.6 Å². The first-order valence-corrected chi connectivity index (χ1v) is 3.08. The lowest BCUT2D eigenvalue weighted by molar-refractivity contribution is -0.117. The Morgan fingerprint density at radius 1 is 1.82 bits per heavy atom. The van der Waals surface area contributed by atoms with Gasteiger partial charge in [-0.2, -0.15) is 5.26 Å². The molecule has 0 spiro atoms. The second-order valence-corrected chi connectivity index (χ2v) is 1.84. The first-order valence-electron chi connectivity index (χ1n) is 3.08. The molecule has 0 saturated carbocycles. The van der Waals surface area contributed by atoms with Gasteiger partial charge in [-0.3, -0.25) is 4.79 Å². The van der Waals surface area contributed by atoms with Gasteiger partial charge in [0.2, 0.25) is 0 Å². The molecule has 0 unspecified atom stereocenters. The van der Waals surface area contributed by atoms with Crippen LogP contribution in [0.15, 0.2) is 12.2 Å². The zero-order chi connectivity index (χ0) is 8.69. The Labute approximate surface area is 65.5 Å². The van der Waals surface area contributed by atoms with Crippen LogP contribution in [0.25, 0.3) is 0 Å². The van der Waals surface area contributed by atoms with Crippen LogP contribution in [-0.2, 0) is 9.53 Å². The molecule has 0 radical (unpaired) electrons. The Hall–Kier alpha value is -1.34. The number of carbonyl (C=O) groups is 1. The van der Waals surface area contributed by atoms with Crippen molar-refractivity contribution in [3.63, 3.8) is 0 Å². The summed E-state index contributed by atoms with van der Waals surface area (Å²) in [5, 5.41) is 10.7. The summed E-state index contributed by atoms with van der Waals surface area (Å²) in [7, 11) is 1.53. The summed E-state index contributed by atoms with van der Waals surface area (Å²) >= 11 is 0. The molecule has 0 aliphatic carbocycles. The molecule has 0 aromatic carbocycles. The Kier molecular flexibility index (Phi) is 4.78.